The van der Waals surface area contributed by atoms with Gasteiger partial charge in [-0.25, -0.2) is 0 Å². The molecule has 3 nitrogen and oxygen atoms in total. The maximum atomic E-state index is 11.6. The van der Waals surface area contributed by atoms with Crippen molar-refractivity contribution in [1.29, 1.82) is 0 Å². The van der Waals surface area contributed by atoms with Crippen molar-refractivity contribution in [3.63, 3.8) is 0 Å². The first kappa shape index (κ1) is 24.5. The van der Waals surface area contributed by atoms with Crippen molar-refractivity contribution in [2.24, 2.45) is 10.4 Å². The predicted octanol–water partition coefficient (Wildman–Crippen LogP) is 0.0323. The Hall–Kier alpha value is -1.77. The van der Waals surface area contributed by atoms with Crippen molar-refractivity contribution in [2.45, 2.75) is 26.8 Å². The van der Waals surface area contributed by atoms with Crippen LogP contribution in [0.4, 0.5) is 0 Å². The monoisotopic (exact) mass is 425 g/mol. The number of aliphatic carboxylic acids is 1. The fourth-order valence-corrected chi connectivity index (χ4v) is 5.60. The molecule has 3 rings (SSSR count). The van der Waals surface area contributed by atoms with E-state index in [1.165, 1.54) is 10.6 Å². The summed E-state index contributed by atoms with van der Waals surface area (Å²) in [5.74, 6) is -1.15. The molecule has 0 aliphatic carbocycles. The van der Waals surface area contributed by atoms with Crippen molar-refractivity contribution in [3.8, 4) is 0 Å². The molecular formula is C25H25NNaO2P. The molecule has 148 valence electrons. The number of carboxylic acids is 1. The smallest absolute Gasteiger partial charge is 0.548 e. The average Bonchev–Trinajstić information content (AvgIpc) is 2.70. The Labute approximate surface area is 202 Å². The van der Waals surface area contributed by atoms with Gasteiger partial charge in [-0.2, -0.15) is 0 Å². The minimum absolute atomic E-state index is 0. The Morgan fingerprint density at radius 1 is 0.867 bits per heavy atom. The molecule has 3 aromatic rings. The maximum Gasteiger partial charge on any atom is 1.00 e. The first-order chi connectivity index (χ1) is 13.9. The first-order valence-electron chi connectivity index (χ1n) is 9.61. The van der Waals surface area contributed by atoms with Crippen molar-refractivity contribution in [1.82, 2.24) is 0 Å². The second kappa shape index (κ2) is 11.0. The van der Waals surface area contributed by atoms with E-state index in [4.69, 9.17) is 0 Å². The fraction of sp³-hybridized carbons (Fsp3) is 0.200. The topological polar surface area (TPSA) is 52.5 Å². The van der Waals surface area contributed by atoms with Crippen LogP contribution in [0.2, 0.25) is 0 Å². The molecule has 0 saturated carbocycles. The van der Waals surface area contributed by atoms with Gasteiger partial charge in [0, 0.05) is 11.8 Å². The minimum Gasteiger partial charge on any atom is -0.548 e. The summed E-state index contributed by atoms with van der Waals surface area (Å²) < 4.78 is 0. The van der Waals surface area contributed by atoms with Gasteiger partial charge in [0.1, 0.15) is 0 Å². The molecule has 0 aliphatic rings. The van der Waals surface area contributed by atoms with Crippen LogP contribution < -0.4 is 50.6 Å². The third-order valence-corrected chi connectivity index (χ3v) is 7.13. The van der Waals surface area contributed by atoms with Gasteiger partial charge in [0.05, 0.1) is 12.0 Å². The Morgan fingerprint density at radius 3 is 1.80 bits per heavy atom. The number of hydrogen-bond donors (Lipinski definition) is 0. The molecule has 0 N–H and O–H groups in total. The summed E-state index contributed by atoms with van der Waals surface area (Å²) in [6, 6.07) is 28.0. The SMILES string of the molecule is CC(C)(C)[C@H](N=Cc1ccccc1P(c1ccccc1)c1ccccc1)C(=O)[O-].[Na+]. The van der Waals surface area contributed by atoms with Crippen LogP contribution in [0.1, 0.15) is 26.3 Å². The van der Waals surface area contributed by atoms with Crippen molar-refractivity contribution >= 4 is 36.0 Å². The number of rotatable bonds is 6. The van der Waals surface area contributed by atoms with Crippen molar-refractivity contribution in [2.75, 3.05) is 0 Å². The van der Waals surface area contributed by atoms with Crippen LogP contribution in [0, 0.1) is 5.41 Å². The zero-order valence-electron chi connectivity index (χ0n) is 17.9. The van der Waals surface area contributed by atoms with E-state index in [-0.39, 0.29) is 29.6 Å². The molecule has 1 atom stereocenters. The van der Waals surface area contributed by atoms with Gasteiger partial charge in [0.15, 0.2) is 0 Å². The number of benzene rings is 3. The van der Waals surface area contributed by atoms with Gasteiger partial charge in [-0.3, -0.25) is 4.99 Å². The van der Waals surface area contributed by atoms with Gasteiger partial charge in [0.2, 0.25) is 0 Å². The first-order valence-corrected chi connectivity index (χ1v) is 11.0. The van der Waals surface area contributed by atoms with Crippen LogP contribution >= 0.6 is 7.92 Å². The fourth-order valence-electron chi connectivity index (χ4n) is 3.17. The Kier molecular flexibility index (Phi) is 9.00. The molecule has 0 heterocycles. The summed E-state index contributed by atoms with van der Waals surface area (Å²) >= 11 is 0. The Bertz CT molecular complexity index is 945. The predicted molar refractivity (Wildman–Crippen MR) is 121 cm³/mol. The third kappa shape index (κ3) is 6.12. The number of aliphatic imine (C=N–C) groups is 1. The van der Waals surface area contributed by atoms with Gasteiger partial charge in [0.25, 0.3) is 0 Å². The molecule has 30 heavy (non-hydrogen) atoms. The van der Waals surface area contributed by atoms with Crippen LogP contribution in [0.5, 0.6) is 0 Å². The second-order valence-corrected chi connectivity index (χ2v) is 10.1. The zero-order chi connectivity index (χ0) is 20.9. The molecule has 0 unspecified atom stereocenters. The molecule has 0 aliphatic heterocycles. The molecule has 0 saturated heterocycles. The van der Waals surface area contributed by atoms with E-state index in [2.05, 4.69) is 59.6 Å². The van der Waals surface area contributed by atoms with Crippen LogP contribution in [-0.2, 0) is 4.79 Å². The number of carbonyl (C=O) groups is 1. The summed E-state index contributed by atoms with van der Waals surface area (Å²) in [4.78, 5) is 16.0. The molecule has 3 aromatic carbocycles. The van der Waals surface area contributed by atoms with Gasteiger partial charge in [-0.1, -0.05) is 106 Å². The molecule has 0 radical (unpaired) electrons. The second-order valence-electron chi connectivity index (χ2n) is 7.93. The zero-order valence-corrected chi connectivity index (χ0v) is 20.8. The number of nitrogens with zero attached hydrogens (tertiary/aromatic N) is 1. The summed E-state index contributed by atoms with van der Waals surface area (Å²) in [6.07, 6.45) is 1.70. The van der Waals surface area contributed by atoms with Gasteiger partial charge >= 0.3 is 29.6 Å². The summed E-state index contributed by atoms with van der Waals surface area (Å²) in [5, 5.41) is 15.2. The molecular weight excluding hydrogens is 400 g/mol. The van der Waals surface area contributed by atoms with Gasteiger partial charge < -0.3 is 9.90 Å². The molecule has 0 spiro atoms. The molecule has 0 bridgehead atoms. The van der Waals surface area contributed by atoms with E-state index in [0.717, 1.165) is 10.9 Å². The quantitative estimate of drug-likeness (QED) is 0.318. The van der Waals surface area contributed by atoms with Gasteiger partial charge in [-0.15, -0.1) is 0 Å². The number of carbonyl (C=O) groups excluding carboxylic acids is 1. The summed E-state index contributed by atoms with van der Waals surface area (Å²) in [5.41, 5.74) is 0.412. The normalized spacial score (nSPS) is 12.5. The molecule has 0 aromatic heterocycles. The molecule has 0 amide bonds. The van der Waals surface area contributed by atoms with Crippen molar-refractivity contribution in [3.05, 3.63) is 90.5 Å². The van der Waals surface area contributed by atoms with Crippen molar-refractivity contribution < 1.29 is 39.5 Å². The van der Waals surface area contributed by atoms with Gasteiger partial charge in [-0.05, 0) is 29.3 Å². The standard InChI is InChI=1S/C25H26NO2P.Na/c1-25(2,3)23(24(27)28)26-18-19-12-10-11-17-22(19)29(20-13-6-4-7-14-20)21-15-8-5-9-16-21;/h4-18,23H,1-3H3,(H,27,28);/q;+1/p-1/t23-;/m1./s1. The van der Waals surface area contributed by atoms with E-state index in [1.54, 1.807) is 6.21 Å². The largest absolute Gasteiger partial charge is 1.00 e. The van der Waals surface area contributed by atoms with Crippen LogP contribution in [0.3, 0.4) is 0 Å². The number of hydrogen-bond acceptors (Lipinski definition) is 3. The average molecular weight is 425 g/mol. The third-order valence-electron chi connectivity index (χ3n) is 4.61. The number of carboxylic acid groups (broad SMARTS) is 1. The van der Waals surface area contributed by atoms with E-state index in [1.807, 2.05) is 51.1 Å². The van der Waals surface area contributed by atoms with E-state index < -0.39 is 25.3 Å². The van der Waals surface area contributed by atoms with Crippen LogP contribution in [0.15, 0.2) is 89.9 Å². The molecule has 5 heteroatoms. The minimum atomic E-state index is -1.15. The maximum absolute atomic E-state index is 11.6. The van der Waals surface area contributed by atoms with E-state index >= 15 is 0 Å². The van der Waals surface area contributed by atoms with E-state index in [9.17, 15) is 9.90 Å². The summed E-state index contributed by atoms with van der Waals surface area (Å²) in [6.45, 7) is 5.58. The Morgan fingerprint density at radius 2 is 1.33 bits per heavy atom. The Balaban J connectivity index is 0.00000320. The van der Waals surface area contributed by atoms with Crippen LogP contribution in [0.25, 0.3) is 0 Å². The van der Waals surface area contributed by atoms with E-state index in [0.29, 0.717) is 0 Å². The molecule has 0 fully saturated rings. The summed E-state index contributed by atoms with van der Waals surface area (Å²) in [7, 11) is -0.795. The van der Waals surface area contributed by atoms with Crippen LogP contribution in [-0.4, -0.2) is 18.2 Å².